The summed E-state index contributed by atoms with van der Waals surface area (Å²) < 4.78 is 48.7. The summed E-state index contributed by atoms with van der Waals surface area (Å²) in [7, 11) is -3.31. The first-order valence-electron chi connectivity index (χ1n) is 4.76. The van der Waals surface area contributed by atoms with Crippen molar-refractivity contribution in [2.75, 3.05) is 11.5 Å². The lowest BCUT2D eigenvalue weighted by molar-refractivity contribution is 0.563. The number of sulfone groups is 1. The maximum Gasteiger partial charge on any atom is 0.151 e. The van der Waals surface area contributed by atoms with Crippen LogP contribution in [0.3, 0.4) is 0 Å². The van der Waals surface area contributed by atoms with E-state index in [1.807, 2.05) is 0 Å². The number of nitrogens with two attached hydrogens (primary N) is 1. The van der Waals surface area contributed by atoms with Crippen molar-refractivity contribution in [1.82, 2.24) is 0 Å². The number of hydrogen-bond acceptors (Lipinski definition) is 3. The molecule has 0 aliphatic rings. The Morgan fingerprint density at radius 3 is 2.56 bits per heavy atom. The molecule has 0 aliphatic heterocycles. The number of hydrogen-bond donors (Lipinski definition) is 1. The molecule has 1 rings (SSSR count). The summed E-state index contributed by atoms with van der Waals surface area (Å²) >= 11 is 0. The normalized spacial score (nSPS) is 13.8. The maximum absolute atomic E-state index is 13.3. The Bertz CT molecular complexity index is 474. The third-order valence-corrected chi connectivity index (χ3v) is 3.98. The van der Waals surface area contributed by atoms with Gasteiger partial charge in [0.25, 0.3) is 0 Å². The molecule has 0 saturated heterocycles. The number of benzene rings is 1. The Morgan fingerprint density at radius 1 is 1.38 bits per heavy atom. The highest BCUT2D eigenvalue weighted by Crippen LogP contribution is 2.18. The molecule has 0 heterocycles. The van der Waals surface area contributed by atoms with Crippen LogP contribution in [0.1, 0.15) is 18.5 Å². The van der Waals surface area contributed by atoms with Gasteiger partial charge in [-0.3, -0.25) is 0 Å². The monoisotopic (exact) mass is 249 g/mol. The van der Waals surface area contributed by atoms with E-state index in [-0.39, 0.29) is 17.1 Å². The van der Waals surface area contributed by atoms with Crippen LogP contribution in [0.15, 0.2) is 18.2 Å². The van der Waals surface area contributed by atoms with Crippen molar-refractivity contribution < 1.29 is 17.2 Å². The third kappa shape index (κ3) is 3.24. The first-order chi connectivity index (χ1) is 7.35. The van der Waals surface area contributed by atoms with E-state index >= 15 is 0 Å². The molecule has 0 fully saturated rings. The summed E-state index contributed by atoms with van der Waals surface area (Å²) in [5.74, 6) is -1.79. The second kappa shape index (κ2) is 4.88. The molecule has 16 heavy (non-hydrogen) atoms. The van der Waals surface area contributed by atoms with Crippen LogP contribution in [0.4, 0.5) is 8.78 Å². The minimum absolute atomic E-state index is 0.0718. The van der Waals surface area contributed by atoms with Crippen molar-refractivity contribution in [3.63, 3.8) is 0 Å². The lowest BCUT2D eigenvalue weighted by Gasteiger charge is -2.12. The predicted octanol–water partition coefficient (Wildman–Crippen LogP) is 1.40. The summed E-state index contributed by atoms with van der Waals surface area (Å²) in [4.78, 5) is 0. The summed E-state index contributed by atoms with van der Waals surface area (Å²) in [5, 5.41) is 0. The Morgan fingerprint density at radius 2 is 2.00 bits per heavy atom. The van der Waals surface area contributed by atoms with Crippen molar-refractivity contribution >= 4 is 9.84 Å². The minimum Gasteiger partial charge on any atom is -0.323 e. The van der Waals surface area contributed by atoms with Gasteiger partial charge in [0.15, 0.2) is 9.84 Å². The molecule has 1 atom stereocenters. The van der Waals surface area contributed by atoms with Crippen LogP contribution >= 0.6 is 0 Å². The first kappa shape index (κ1) is 13.1. The highest BCUT2D eigenvalue weighted by Gasteiger charge is 2.19. The van der Waals surface area contributed by atoms with E-state index in [4.69, 9.17) is 5.73 Å². The Kier molecular flexibility index (Phi) is 3.98. The van der Waals surface area contributed by atoms with Crippen LogP contribution in [-0.2, 0) is 9.84 Å². The van der Waals surface area contributed by atoms with Crippen molar-refractivity contribution in [3.8, 4) is 0 Å². The zero-order chi connectivity index (χ0) is 12.3. The van der Waals surface area contributed by atoms with Crippen LogP contribution in [-0.4, -0.2) is 19.9 Å². The van der Waals surface area contributed by atoms with E-state index in [0.29, 0.717) is 0 Å². The molecule has 0 amide bonds. The van der Waals surface area contributed by atoms with Crippen molar-refractivity contribution in [3.05, 3.63) is 35.4 Å². The average molecular weight is 249 g/mol. The molecule has 0 aromatic heterocycles. The predicted molar refractivity (Wildman–Crippen MR) is 57.6 cm³/mol. The molecule has 0 aliphatic carbocycles. The number of rotatable bonds is 4. The standard InChI is InChI=1S/C10H13F2NO2S/c1-2-16(14,15)6-10(13)8-5-7(11)3-4-9(8)12/h3-5,10H,2,6,13H2,1H3. The van der Waals surface area contributed by atoms with Gasteiger partial charge in [0, 0.05) is 17.4 Å². The van der Waals surface area contributed by atoms with Gasteiger partial charge in [-0.2, -0.15) is 0 Å². The van der Waals surface area contributed by atoms with E-state index in [0.717, 1.165) is 18.2 Å². The van der Waals surface area contributed by atoms with Gasteiger partial charge in [-0.25, -0.2) is 17.2 Å². The lowest BCUT2D eigenvalue weighted by atomic mass is 10.1. The van der Waals surface area contributed by atoms with E-state index < -0.39 is 27.5 Å². The molecule has 90 valence electrons. The first-order valence-corrected chi connectivity index (χ1v) is 6.59. The molecule has 3 nitrogen and oxygen atoms in total. The van der Waals surface area contributed by atoms with E-state index in [1.54, 1.807) is 0 Å². The molecule has 2 N–H and O–H groups in total. The highest BCUT2D eigenvalue weighted by atomic mass is 32.2. The Labute approximate surface area is 93.2 Å². The van der Waals surface area contributed by atoms with Gasteiger partial charge >= 0.3 is 0 Å². The molecule has 1 unspecified atom stereocenters. The molecule has 0 bridgehead atoms. The molecular weight excluding hydrogens is 236 g/mol. The fourth-order valence-electron chi connectivity index (χ4n) is 1.28. The minimum atomic E-state index is -3.31. The molecular formula is C10H13F2NO2S. The average Bonchev–Trinajstić information content (AvgIpc) is 2.21. The van der Waals surface area contributed by atoms with Crippen molar-refractivity contribution in [1.29, 1.82) is 0 Å². The van der Waals surface area contributed by atoms with Gasteiger partial charge in [-0.15, -0.1) is 0 Å². The molecule has 1 aromatic carbocycles. The smallest absolute Gasteiger partial charge is 0.151 e. The SMILES string of the molecule is CCS(=O)(=O)CC(N)c1cc(F)ccc1F. The van der Waals surface area contributed by atoms with Gasteiger partial charge in [0.2, 0.25) is 0 Å². The van der Waals surface area contributed by atoms with E-state index in [1.165, 1.54) is 6.92 Å². The highest BCUT2D eigenvalue weighted by molar-refractivity contribution is 7.91. The van der Waals surface area contributed by atoms with Gasteiger partial charge < -0.3 is 5.73 Å². The molecule has 1 aromatic rings. The Balaban J connectivity index is 2.97. The summed E-state index contributed by atoms with van der Waals surface area (Å²) in [6, 6.07) is 1.77. The van der Waals surface area contributed by atoms with Gasteiger partial charge in [-0.1, -0.05) is 6.92 Å². The molecule has 0 spiro atoms. The van der Waals surface area contributed by atoms with Gasteiger partial charge in [0.05, 0.1) is 5.75 Å². The molecule has 6 heteroatoms. The largest absolute Gasteiger partial charge is 0.323 e. The number of halogens is 2. The topological polar surface area (TPSA) is 60.2 Å². The van der Waals surface area contributed by atoms with Crippen LogP contribution in [0.5, 0.6) is 0 Å². The van der Waals surface area contributed by atoms with Crippen LogP contribution in [0.25, 0.3) is 0 Å². The third-order valence-electron chi connectivity index (χ3n) is 2.23. The maximum atomic E-state index is 13.3. The summed E-state index contributed by atoms with van der Waals surface area (Å²) in [6.07, 6.45) is 0. The lowest BCUT2D eigenvalue weighted by Crippen LogP contribution is -2.23. The van der Waals surface area contributed by atoms with Crippen molar-refractivity contribution in [2.24, 2.45) is 5.73 Å². The van der Waals surface area contributed by atoms with Crippen molar-refractivity contribution in [2.45, 2.75) is 13.0 Å². The van der Waals surface area contributed by atoms with Crippen LogP contribution in [0, 0.1) is 11.6 Å². The van der Waals surface area contributed by atoms with E-state index in [2.05, 4.69) is 0 Å². The van der Waals surface area contributed by atoms with Gasteiger partial charge in [0.1, 0.15) is 11.6 Å². The van der Waals surface area contributed by atoms with Crippen LogP contribution < -0.4 is 5.73 Å². The quantitative estimate of drug-likeness (QED) is 0.877. The molecule has 0 saturated carbocycles. The van der Waals surface area contributed by atoms with E-state index in [9.17, 15) is 17.2 Å². The second-order valence-electron chi connectivity index (χ2n) is 3.47. The molecule has 0 radical (unpaired) electrons. The summed E-state index contributed by atoms with van der Waals surface area (Å²) in [5.41, 5.74) is 5.43. The Hall–Kier alpha value is -1.01. The zero-order valence-corrected chi connectivity index (χ0v) is 9.60. The van der Waals surface area contributed by atoms with Gasteiger partial charge in [-0.05, 0) is 18.2 Å². The van der Waals surface area contributed by atoms with Crippen LogP contribution in [0.2, 0.25) is 0 Å². The second-order valence-corrected chi connectivity index (χ2v) is 5.87. The fourth-order valence-corrected chi connectivity index (χ4v) is 2.24. The zero-order valence-electron chi connectivity index (χ0n) is 8.78. The summed E-state index contributed by atoms with van der Waals surface area (Å²) in [6.45, 7) is 1.48. The fraction of sp³-hybridized carbons (Fsp3) is 0.400.